The maximum absolute atomic E-state index is 7.05. The van der Waals surface area contributed by atoms with E-state index in [4.69, 9.17) is 16.7 Å². The largest absolute Gasteiger partial charge is 0.435 e. The van der Waals surface area contributed by atoms with Crippen LogP contribution in [-0.4, -0.2) is 9.97 Å². The lowest BCUT2D eigenvalue weighted by atomic mass is 10.2. The maximum atomic E-state index is 7.05. The molecule has 0 aliphatic heterocycles. The third-order valence-corrected chi connectivity index (χ3v) is 2.80. The molecule has 3 rings (SSSR count). The molecule has 0 spiro atoms. The number of nitrogen functional groups attached to an aromatic ring is 1. The summed E-state index contributed by atoms with van der Waals surface area (Å²) in [5, 5.41) is 0. The number of aryl methyl sites for hydroxylation is 1. The number of nitrogens with zero attached hydrogens (tertiary/aromatic N) is 3. The molecule has 0 fully saturated rings. The van der Waals surface area contributed by atoms with Crippen LogP contribution in [-0.2, 0) is 0 Å². The molecule has 2 N–H and O–H groups in total. The fraction of sp³-hybridized carbons (Fsp3) is 0.0714. The molecule has 0 atom stereocenters. The van der Waals surface area contributed by atoms with E-state index >= 15 is 0 Å². The Balaban J connectivity index is 2.19. The Hall–Kier alpha value is -2.87. The van der Waals surface area contributed by atoms with Crippen molar-refractivity contribution in [2.45, 2.75) is 6.92 Å². The molecule has 0 unspecified atom stereocenters. The number of hydrogen-bond acceptors (Lipinski definition) is 4. The van der Waals surface area contributed by atoms with Gasteiger partial charge in [0.2, 0.25) is 5.89 Å². The van der Waals surface area contributed by atoms with Gasteiger partial charge in [-0.1, -0.05) is 0 Å². The van der Waals surface area contributed by atoms with Crippen LogP contribution in [0.15, 0.2) is 34.9 Å². The number of hydrogen-bond donors (Lipinski definition) is 1. The number of anilines is 1. The fourth-order valence-electron chi connectivity index (χ4n) is 1.89. The van der Waals surface area contributed by atoms with Gasteiger partial charge in [-0.05, 0) is 36.8 Å². The zero-order valence-electron chi connectivity index (χ0n) is 10.2. The molecule has 0 aliphatic rings. The predicted molar refractivity (Wildman–Crippen MR) is 72.7 cm³/mol. The van der Waals surface area contributed by atoms with E-state index in [1.54, 1.807) is 30.5 Å². The standard InChI is InChI=1S/C14H10N4O/c1-8-5-10(16-2)6-12-13(8)19-14(18-12)11-4-3-9(15)7-17-11/h3-7H,15H2,1H3. The smallest absolute Gasteiger partial charge is 0.246 e. The average molecular weight is 250 g/mol. The lowest BCUT2D eigenvalue weighted by molar-refractivity contribution is 0.614. The highest BCUT2D eigenvalue weighted by molar-refractivity contribution is 5.83. The van der Waals surface area contributed by atoms with Crippen molar-refractivity contribution in [3.05, 3.63) is 47.4 Å². The first kappa shape index (κ1) is 11.2. The molecule has 1 aromatic carbocycles. The first-order valence-electron chi connectivity index (χ1n) is 5.68. The highest BCUT2D eigenvalue weighted by Gasteiger charge is 2.12. The Morgan fingerprint density at radius 3 is 2.84 bits per heavy atom. The van der Waals surface area contributed by atoms with Crippen LogP contribution in [0.2, 0.25) is 0 Å². The molecule has 5 nitrogen and oxygen atoms in total. The number of pyridine rings is 1. The van der Waals surface area contributed by atoms with Crippen LogP contribution in [0.3, 0.4) is 0 Å². The summed E-state index contributed by atoms with van der Waals surface area (Å²) in [5.41, 5.74) is 9.59. The Morgan fingerprint density at radius 2 is 2.16 bits per heavy atom. The molecule has 0 radical (unpaired) electrons. The van der Waals surface area contributed by atoms with Crippen molar-refractivity contribution < 1.29 is 4.42 Å². The van der Waals surface area contributed by atoms with Crippen LogP contribution in [0.1, 0.15) is 5.56 Å². The SMILES string of the molecule is [C-]#[N+]c1cc(C)c2oc(-c3ccc(N)cn3)nc2c1. The number of fused-ring (bicyclic) bond motifs is 1. The van der Waals surface area contributed by atoms with E-state index in [1.165, 1.54) is 0 Å². The van der Waals surface area contributed by atoms with E-state index in [0.29, 0.717) is 34.1 Å². The minimum absolute atomic E-state index is 0.431. The Bertz CT molecular complexity index is 797. The van der Waals surface area contributed by atoms with Crippen LogP contribution in [0.5, 0.6) is 0 Å². The van der Waals surface area contributed by atoms with Gasteiger partial charge in [-0.25, -0.2) is 14.8 Å². The van der Waals surface area contributed by atoms with Crippen molar-refractivity contribution in [3.63, 3.8) is 0 Å². The highest BCUT2D eigenvalue weighted by Crippen LogP contribution is 2.29. The zero-order chi connectivity index (χ0) is 13.4. The third-order valence-electron chi connectivity index (χ3n) is 2.80. The minimum Gasteiger partial charge on any atom is -0.435 e. The van der Waals surface area contributed by atoms with Crippen molar-refractivity contribution in [2.24, 2.45) is 0 Å². The molecule has 19 heavy (non-hydrogen) atoms. The Kier molecular flexibility index (Phi) is 2.43. The van der Waals surface area contributed by atoms with Gasteiger partial charge in [0, 0.05) is 0 Å². The topological polar surface area (TPSA) is 69.3 Å². The first-order chi connectivity index (χ1) is 9.17. The number of aromatic nitrogens is 2. The van der Waals surface area contributed by atoms with Gasteiger partial charge in [0.05, 0.1) is 24.0 Å². The van der Waals surface area contributed by atoms with Gasteiger partial charge in [-0.15, -0.1) is 0 Å². The molecular formula is C14H10N4O. The van der Waals surface area contributed by atoms with Crippen LogP contribution in [0, 0.1) is 13.5 Å². The molecular weight excluding hydrogens is 240 g/mol. The molecule has 0 saturated heterocycles. The molecule has 0 bridgehead atoms. The molecule has 0 saturated carbocycles. The van der Waals surface area contributed by atoms with Gasteiger partial charge in [0.25, 0.3) is 0 Å². The summed E-state index contributed by atoms with van der Waals surface area (Å²) >= 11 is 0. The van der Waals surface area contributed by atoms with Crippen molar-refractivity contribution in [1.82, 2.24) is 9.97 Å². The van der Waals surface area contributed by atoms with Crippen molar-refractivity contribution in [2.75, 3.05) is 5.73 Å². The summed E-state index contributed by atoms with van der Waals surface area (Å²) in [4.78, 5) is 12.0. The lowest BCUT2D eigenvalue weighted by Gasteiger charge is -1.95. The summed E-state index contributed by atoms with van der Waals surface area (Å²) in [5.74, 6) is 0.431. The Labute approximate surface area is 109 Å². The molecule has 92 valence electrons. The maximum Gasteiger partial charge on any atom is 0.246 e. The first-order valence-corrected chi connectivity index (χ1v) is 5.68. The second-order valence-corrected chi connectivity index (χ2v) is 4.22. The van der Waals surface area contributed by atoms with E-state index in [2.05, 4.69) is 14.8 Å². The van der Waals surface area contributed by atoms with Gasteiger partial charge in [-0.3, -0.25) is 0 Å². The van der Waals surface area contributed by atoms with Crippen LogP contribution < -0.4 is 5.73 Å². The van der Waals surface area contributed by atoms with E-state index in [1.807, 2.05) is 6.92 Å². The molecule has 0 aliphatic carbocycles. The van der Waals surface area contributed by atoms with Crippen LogP contribution in [0.4, 0.5) is 11.4 Å². The van der Waals surface area contributed by atoms with Gasteiger partial charge in [0.15, 0.2) is 11.3 Å². The van der Waals surface area contributed by atoms with Crippen molar-refractivity contribution >= 4 is 22.5 Å². The molecule has 0 amide bonds. The number of benzene rings is 1. The van der Waals surface area contributed by atoms with Crippen molar-refractivity contribution in [1.29, 1.82) is 0 Å². The zero-order valence-corrected chi connectivity index (χ0v) is 10.2. The van der Waals surface area contributed by atoms with Crippen LogP contribution >= 0.6 is 0 Å². The summed E-state index contributed by atoms with van der Waals surface area (Å²) in [7, 11) is 0. The highest BCUT2D eigenvalue weighted by atomic mass is 16.3. The lowest BCUT2D eigenvalue weighted by Crippen LogP contribution is -1.87. The molecule has 2 heterocycles. The quantitative estimate of drug-likeness (QED) is 0.672. The van der Waals surface area contributed by atoms with Gasteiger partial charge in [0.1, 0.15) is 5.69 Å². The van der Waals surface area contributed by atoms with E-state index in [0.717, 1.165) is 5.56 Å². The fourth-order valence-corrected chi connectivity index (χ4v) is 1.89. The van der Waals surface area contributed by atoms with Gasteiger partial charge >= 0.3 is 0 Å². The summed E-state index contributed by atoms with van der Waals surface area (Å²) < 4.78 is 5.71. The van der Waals surface area contributed by atoms with E-state index in [-0.39, 0.29) is 0 Å². The van der Waals surface area contributed by atoms with Crippen molar-refractivity contribution in [3.8, 4) is 11.6 Å². The number of rotatable bonds is 1. The molecule has 3 aromatic rings. The second-order valence-electron chi connectivity index (χ2n) is 4.22. The van der Waals surface area contributed by atoms with Crippen LogP contribution in [0.25, 0.3) is 27.5 Å². The monoisotopic (exact) mass is 250 g/mol. The number of oxazole rings is 1. The van der Waals surface area contributed by atoms with Gasteiger partial charge in [-0.2, -0.15) is 0 Å². The van der Waals surface area contributed by atoms with E-state index in [9.17, 15) is 0 Å². The summed E-state index contributed by atoms with van der Waals surface area (Å²) in [6.45, 7) is 8.94. The molecule has 5 heteroatoms. The molecule has 2 aromatic heterocycles. The summed E-state index contributed by atoms with van der Waals surface area (Å²) in [6.07, 6.45) is 1.56. The second kappa shape index (κ2) is 4.10. The normalized spacial score (nSPS) is 10.5. The van der Waals surface area contributed by atoms with E-state index < -0.39 is 0 Å². The van der Waals surface area contributed by atoms with Gasteiger partial charge < -0.3 is 10.2 Å². The average Bonchev–Trinajstić information content (AvgIpc) is 2.84. The Morgan fingerprint density at radius 1 is 1.32 bits per heavy atom. The third kappa shape index (κ3) is 1.89. The summed E-state index contributed by atoms with van der Waals surface area (Å²) in [6, 6.07) is 6.99. The predicted octanol–water partition coefficient (Wildman–Crippen LogP) is 3.33. The minimum atomic E-state index is 0.431. The number of nitrogens with two attached hydrogens (primary N) is 1.